The maximum atomic E-state index is 13.2. The molecule has 0 saturated carbocycles. The van der Waals surface area contributed by atoms with E-state index < -0.39 is 10.0 Å². The van der Waals surface area contributed by atoms with Crippen LogP contribution in [0.1, 0.15) is 35.8 Å². The smallest absolute Gasteiger partial charge is 0.257 e. The van der Waals surface area contributed by atoms with Gasteiger partial charge in [0.1, 0.15) is 0 Å². The lowest BCUT2D eigenvalue weighted by atomic mass is 10.00. The maximum absolute atomic E-state index is 13.2. The first-order valence-corrected chi connectivity index (χ1v) is 11.2. The number of rotatable bonds is 4. The molecule has 142 valence electrons. The average molecular weight is 404 g/mol. The molecule has 1 unspecified atom stereocenters. The minimum atomic E-state index is -3.55. The van der Waals surface area contributed by atoms with E-state index in [1.54, 1.807) is 10.4 Å². The van der Waals surface area contributed by atoms with Gasteiger partial charge in [0, 0.05) is 13.1 Å². The van der Waals surface area contributed by atoms with Gasteiger partial charge in [-0.05, 0) is 55.3 Å². The van der Waals surface area contributed by atoms with E-state index in [4.69, 9.17) is 4.42 Å². The van der Waals surface area contributed by atoms with Crippen LogP contribution in [0.2, 0.25) is 0 Å². The zero-order chi connectivity index (χ0) is 19.0. The average Bonchev–Trinajstić information content (AvgIpc) is 3.35. The molecule has 1 aliphatic rings. The molecular weight excluding hydrogens is 382 g/mol. The van der Waals surface area contributed by atoms with E-state index in [1.165, 1.54) is 11.3 Å². The zero-order valence-corrected chi connectivity index (χ0v) is 16.9. The Hall–Kier alpha value is -2.03. The summed E-state index contributed by atoms with van der Waals surface area (Å²) in [4.78, 5) is 1.30. The van der Waals surface area contributed by atoms with Crippen molar-refractivity contribution in [3.05, 3.63) is 52.7 Å². The van der Waals surface area contributed by atoms with Crippen molar-refractivity contribution in [3.63, 3.8) is 0 Å². The van der Waals surface area contributed by atoms with Crippen LogP contribution in [0.4, 0.5) is 0 Å². The van der Waals surface area contributed by atoms with E-state index in [0.717, 1.165) is 28.8 Å². The minimum absolute atomic E-state index is 0.0835. The van der Waals surface area contributed by atoms with E-state index in [9.17, 15) is 8.42 Å². The van der Waals surface area contributed by atoms with Gasteiger partial charge < -0.3 is 4.42 Å². The molecule has 0 radical (unpaired) electrons. The van der Waals surface area contributed by atoms with Crippen LogP contribution in [0.5, 0.6) is 0 Å². The second-order valence-electron chi connectivity index (χ2n) is 6.89. The predicted octanol–water partition coefficient (Wildman–Crippen LogP) is 3.98. The van der Waals surface area contributed by atoms with Gasteiger partial charge in [-0.1, -0.05) is 18.2 Å². The van der Waals surface area contributed by atoms with Crippen LogP contribution in [0.25, 0.3) is 10.8 Å². The van der Waals surface area contributed by atoms with Crippen molar-refractivity contribution in [1.82, 2.24) is 14.5 Å². The van der Waals surface area contributed by atoms with Gasteiger partial charge in [-0.15, -0.1) is 21.5 Å². The summed E-state index contributed by atoms with van der Waals surface area (Å²) in [5.74, 6) is 0.925. The van der Waals surface area contributed by atoms with Crippen molar-refractivity contribution >= 4 is 21.4 Å². The summed E-state index contributed by atoms with van der Waals surface area (Å²) in [6.07, 6.45) is 1.61. The van der Waals surface area contributed by atoms with Crippen molar-refractivity contribution < 1.29 is 12.8 Å². The Morgan fingerprint density at radius 3 is 2.85 bits per heavy atom. The third-order valence-electron chi connectivity index (χ3n) is 4.87. The molecule has 0 aliphatic carbocycles. The summed E-state index contributed by atoms with van der Waals surface area (Å²) in [5, 5.41) is 10.3. The molecule has 27 heavy (non-hydrogen) atoms. The van der Waals surface area contributed by atoms with Gasteiger partial charge in [0.2, 0.25) is 15.9 Å². The molecule has 0 spiro atoms. The maximum Gasteiger partial charge on any atom is 0.257 e. The van der Waals surface area contributed by atoms with Gasteiger partial charge in [0.15, 0.2) is 0 Å². The van der Waals surface area contributed by atoms with Gasteiger partial charge in [-0.3, -0.25) is 0 Å². The molecule has 3 heterocycles. The first-order chi connectivity index (χ1) is 12.9. The summed E-state index contributed by atoms with van der Waals surface area (Å²) in [7, 11) is -3.55. The molecule has 3 aromatic rings. The third-order valence-corrected chi connectivity index (χ3v) is 7.73. The molecule has 0 amide bonds. The summed E-state index contributed by atoms with van der Waals surface area (Å²) in [5.41, 5.74) is 1.70. The van der Waals surface area contributed by atoms with E-state index >= 15 is 0 Å². The summed E-state index contributed by atoms with van der Waals surface area (Å²) in [6.45, 7) is 4.61. The number of hydrogen-bond donors (Lipinski definition) is 0. The van der Waals surface area contributed by atoms with Gasteiger partial charge in [-0.2, -0.15) is 4.31 Å². The Labute approximate surface area is 162 Å². The molecule has 8 heteroatoms. The van der Waals surface area contributed by atoms with E-state index in [2.05, 4.69) is 10.2 Å². The number of thiophene rings is 1. The lowest BCUT2D eigenvalue weighted by Gasteiger charge is -2.30. The van der Waals surface area contributed by atoms with Crippen molar-refractivity contribution in [1.29, 1.82) is 0 Å². The van der Waals surface area contributed by atoms with Crippen molar-refractivity contribution in [2.24, 2.45) is 0 Å². The SMILES string of the molecule is Cc1ccc(C)c(S(=O)(=O)N2CCCC(c3nnc(-c4cccs4)o3)C2)c1. The van der Waals surface area contributed by atoms with Gasteiger partial charge >= 0.3 is 0 Å². The summed E-state index contributed by atoms with van der Waals surface area (Å²) < 4.78 is 33.8. The van der Waals surface area contributed by atoms with Gasteiger partial charge in [0.25, 0.3) is 5.89 Å². The third kappa shape index (κ3) is 3.56. The first-order valence-electron chi connectivity index (χ1n) is 8.90. The largest absolute Gasteiger partial charge is 0.420 e. The van der Waals surface area contributed by atoms with Gasteiger partial charge in [0.05, 0.1) is 15.7 Å². The Kier molecular flexibility index (Phi) is 4.88. The van der Waals surface area contributed by atoms with Gasteiger partial charge in [-0.25, -0.2) is 8.42 Å². The number of nitrogens with zero attached hydrogens (tertiary/aromatic N) is 3. The highest BCUT2D eigenvalue weighted by molar-refractivity contribution is 7.89. The Morgan fingerprint density at radius 2 is 2.07 bits per heavy atom. The van der Waals surface area contributed by atoms with Crippen LogP contribution in [-0.2, 0) is 10.0 Å². The molecule has 1 aliphatic heterocycles. The fraction of sp³-hybridized carbons (Fsp3) is 0.368. The lowest BCUT2D eigenvalue weighted by Crippen LogP contribution is -2.39. The van der Waals surface area contributed by atoms with Crippen molar-refractivity contribution in [2.75, 3.05) is 13.1 Å². The Bertz CT molecular complexity index is 1040. The molecule has 1 aromatic carbocycles. The predicted molar refractivity (Wildman–Crippen MR) is 104 cm³/mol. The Balaban J connectivity index is 1.59. The van der Waals surface area contributed by atoms with Crippen LogP contribution in [0.3, 0.4) is 0 Å². The first kappa shape index (κ1) is 18.3. The normalized spacial score (nSPS) is 18.7. The van der Waals surface area contributed by atoms with Crippen LogP contribution in [0.15, 0.2) is 45.0 Å². The monoisotopic (exact) mass is 403 g/mol. The minimum Gasteiger partial charge on any atom is -0.420 e. The highest BCUT2D eigenvalue weighted by Crippen LogP contribution is 2.32. The number of hydrogen-bond acceptors (Lipinski definition) is 6. The summed E-state index contributed by atoms with van der Waals surface area (Å²) in [6, 6.07) is 9.39. The molecule has 1 atom stereocenters. The zero-order valence-electron chi connectivity index (χ0n) is 15.3. The van der Waals surface area contributed by atoms with E-state index in [-0.39, 0.29) is 5.92 Å². The topological polar surface area (TPSA) is 76.3 Å². The highest BCUT2D eigenvalue weighted by atomic mass is 32.2. The number of benzene rings is 1. The molecule has 2 aromatic heterocycles. The number of sulfonamides is 1. The van der Waals surface area contributed by atoms with Crippen molar-refractivity contribution in [3.8, 4) is 10.8 Å². The molecule has 6 nitrogen and oxygen atoms in total. The van der Waals surface area contributed by atoms with Crippen LogP contribution >= 0.6 is 11.3 Å². The second-order valence-corrected chi connectivity index (χ2v) is 9.75. The lowest BCUT2D eigenvalue weighted by molar-refractivity contribution is 0.286. The molecule has 0 N–H and O–H groups in total. The quantitative estimate of drug-likeness (QED) is 0.658. The van der Waals surface area contributed by atoms with E-state index in [1.807, 2.05) is 43.5 Å². The molecule has 1 saturated heterocycles. The number of aromatic nitrogens is 2. The van der Waals surface area contributed by atoms with Crippen LogP contribution in [0, 0.1) is 13.8 Å². The molecule has 1 fully saturated rings. The second kappa shape index (κ2) is 7.18. The van der Waals surface area contributed by atoms with Crippen LogP contribution in [-0.4, -0.2) is 36.0 Å². The molecule has 4 rings (SSSR count). The summed E-state index contributed by atoms with van der Waals surface area (Å²) >= 11 is 1.54. The fourth-order valence-electron chi connectivity index (χ4n) is 3.39. The Morgan fingerprint density at radius 1 is 1.22 bits per heavy atom. The van der Waals surface area contributed by atoms with E-state index in [0.29, 0.717) is 29.8 Å². The highest BCUT2D eigenvalue weighted by Gasteiger charge is 2.34. The molecule has 0 bridgehead atoms. The van der Waals surface area contributed by atoms with Crippen molar-refractivity contribution in [2.45, 2.75) is 37.5 Å². The standard InChI is InChI=1S/C19H21N3O3S2/c1-13-7-8-14(2)17(11-13)27(23,24)22-9-3-5-15(12-22)18-20-21-19(25-18)16-6-4-10-26-16/h4,6-8,10-11,15H,3,5,9,12H2,1-2H3. The fourth-order valence-corrected chi connectivity index (χ4v) is 5.86. The molecular formula is C19H21N3O3S2. The number of piperidine rings is 1. The van der Waals surface area contributed by atoms with Crippen LogP contribution < -0.4 is 0 Å². The number of aryl methyl sites for hydroxylation is 2.